The van der Waals surface area contributed by atoms with Gasteiger partial charge in [-0.15, -0.1) is 11.3 Å². The summed E-state index contributed by atoms with van der Waals surface area (Å²) >= 11 is 1.63. The van der Waals surface area contributed by atoms with Crippen LogP contribution in [0.5, 0.6) is 0 Å². The van der Waals surface area contributed by atoms with Gasteiger partial charge in [0.2, 0.25) is 0 Å². The molecule has 0 amide bonds. The van der Waals surface area contributed by atoms with Crippen LogP contribution in [0, 0.1) is 6.92 Å². The molecule has 0 unspecified atom stereocenters. The van der Waals surface area contributed by atoms with Gasteiger partial charge >= 0.3 is 0 Å². The normalized spacial score (nSPS) is 15.6. The quantitative estimate of drug-likeness (QED) is 0.500. The zero-order valence-corrected chi connectivity index (χ0v) is 19.2. The first-order valence-corrected chi connectivity index (χ1v) is 12.8. The molecule has 2 N–H and O–H groups in total. The van der Waals surface area contributed by atoms with Gasteiger partial charge in [0.15, 0.2) is 15.7 Å². The lowest BCUT2D eigenvalue weighted by Gasteiger charge is -2.19. The summed E-state index contributed by atoms with van der Waals surface area (Å²) in [6.45, 7) is 5.36. The second kappa shape index (κ2) is 8.51. The van der Waals surface area contributed by atoms with E-state index in [9.17, 15) is 8.42 Å². The second-order valence-electron chi connectivity index (χ2n) is 8.26. The fraction of sp³-hybridized carbons (Fsp3) is 0.455. The zero-order valence-electron chi connectivity index (χ0n) is 17.6. The lowest BCUT2D eigenvalue weighted by Crippen LogP contribution is -2.15. The summed E-state index contributed by atoms with van der Waals surface area (Å²) in [4.78, 5) is 5.93. The second-order valence-corrected chi connectivity index (χ2v) is 11.8. The number of thiazole rings is 1. The average molecular weight is 445 g/mol. The first kappa shape index (κ1) is 21.1. The van der Waals surface area contributed by atoms with Gasteiger partial charge in [-0.05, 0) is 45.7 Å². The highest BCUT2D eigenvalue weighted by molar-refractivity contribution is 7.92. The number of aryl methyl sites for hydroxylation is 1. The minimum absolute atomic E-state index is 0.341. The van der Waals surface area contributed by atoms with Crippen molar-refractivity contribution in [3.05, 3.63) is 41.2 Å². The van der Waals surface area contributed by atoms with Crippen molar-refractivity contribution in [1.29, 1.82) is 0 Å². The first-order chi connectivity index (χ1) is 14.3. The average Bonchev–Trinajstić information content (AvgIpc) is 3.38. The van der Waals surface area contributed by atoms with Crippen molar-refractivity contribution in [2.45, 2.75) is 68.9 Å². The van der Waals surface area contributed by atoms with Crippen molar-refractivity contribution >= 4 is 32.7 Å². The van der Waals surface area contributed by atoms with Crippen molar-refractivity contribution in [3.63, 3.8) is 0 Å². The summed E-state index contributed by atoms with van der Waals surface area (Å²) in [6, 6.07) is 7.38. The zero-order chi connectivity index (χ0) is 21.3. The minimum atomic E-state index is -3.47. The Kier molecular flexibility index (Phi) is 5.97. The largest absolute Gasteiger partial charge is 0.339 e. The highest BCUT2D eigenvalue weighted by Crippen LogP contribution is 2.40. The van der Waals surface area contributed by atoms with Crippen LogP contribution in [-0.4, -0.2) is 28.8 Å². The van der Waals surface area contributed by atoms with Gasteiger partial charge < -0.3 is 5.32 Å². The number of hydrogen-bond donors (Lipinski definition) is 2. The molecule has 30 heavy (non-hydrogen) atoms. The first-order valence-electron chi connectivity index (χ1n) is 10.5. The molecule has 3 aromatic rings. The van der Waals surface area contributed by atoms with Gasteiger partial charge in [-0.1, -0.05) is 25.3 Å². The molecule has 0 atom stereocenters. The maximum Gasteiger partial charge on any atom is 0.181 e. The molecule has 2 heterocycles. The van der Waals surface area contributed by atoms with Crippen LogP contribution < -0.4 is 5.32 Å². The third-order valence-corrected chi connectivity index (χ3v) is 9.02. The van der Waals surface area contributed by atoms with Crippen LogP contribution >= 0.6 is 11.3 Å². The maximum absolute atomic E-state index is 13.2. The molecule has 0 saturated heterocycles. The van der Waals surface area contributed by atoms with Crippen LogP contribution in [0.2, 0.25) is 0 Å². The summed E-state index contributed by atoms with van der Waals surface area (Å²) in [6.07, 6.45) is 7.99. The van der Waals surface area contributed by atoms with E-state index in [2.05, 4.69) is 20.5 Å². The summed E-state index contributed by atoms with van der Waals surface area (Å²) < 4.78 is 26.4. The fourth-order valence-corrected chi connectivity index (χ4v) is 6.35. The number of aromatic nitrogens is 3. The number of sulfone groups is 1. The molecule has 8 heteroatoms. The van der Waals surface area contributed by atoms with E-state index >= 15 is 0 Å². The Bertz CT molecular complexity index is 1130. The molecule has 160 valence electrons. The Morgan fingerprint density at radius 1 is 1.17 bits per heavy atom. The predicted octanol–water partition coefficient (Wildman–Crippen LogP) is 5.82. The van der Waals surface area contributed by atoms with Gasteiger partial charge in [0.05, 0.1) is 20.0 Å². The van der Waals surface area contributed by atoms with Crippen molar-refractivity contribution in [2.24, 2.45) is 0 Å². The van der Waals surface area contributed by atoms with E-state index in [1.165, 1.54) is 32.1 Å². The van der Waals surface area contributed by atoms with E-state index in [1.807, 2.05) is 31.3 Å². The lowest BCUT2D eigenvalue weighted by molar-refractivity contribution is 0.442. The number of anilines is 2. The molecule has 0 bridgehead atoms. The van der Waals surface area contributed by atoms with Crippen LogP contribution in [0.3, 0.4) is 0 Å². The van der Waals surface area contributed by atoms with E-state index in [1.54, 1.807) is 31.3 Å². The van der Waals surface area contributed by atoms with E-state index in [0.29, 0.717) is 22.3 Å². The summed E-state index contributed by atoms with van der Waals surface area (Å²) in [5.74, 6) is 1.16. The van der Waals surface area contributed by atoms with Gasteiger partial charge in [-0.25, -0.2) is 13.4 Å². The number of aromatic amines is 1. The summed E-state index contributed by atoms with van der Waals surface area (Å²) in [5, 5.41) is 10.9. The third-order valence-electron chi connectivity index (χ3n) is 5.63. The van der Waals surface area contributed by atoms with E-state index < -0.39 is 15.1 Å². The van der Waals surface area contributed by atoms with Crippen LogP contribution in [0.1, 0.15) is 62.6 Å². The Hall–Kier alpha value is -2.19. The number of benzene rings is 1. The summed E-state index contributed by atoms with van der Waals surface area (Å²) in [5.41, 5.74) is 2.36. The monoisotopic (exact) mass is 444 g/mol. The Morgan fingerprint density at radius 2 is 1.93 bits per heavy atom. The SMILES string of the molecule is Cc1cc(Nc2ccc(-c3cnc(C4CCCCC4)s3)c(S(=O)(=O)C(C)C)c2)n[nH]1. The topological polar surface area (TPSA) is 87.7 Å². The van der Waals surface area contributed by atoms with Gasteiger partial charge in [-0.2, -0.15) is 5.10 Å². The van der Waals surface area contributed by atoms with Crippen molar-refractivity contribution in [2.75, 3.05) is 5.32 Å². The van der Waals surface area contributed by atoms with Crippen molar-refractivity contribution < 1.29 is 8.42 Å². The van der Waals surface area contributed by atoms with Crippen LogP contribution in [0.4, 0.5) is 11.5 Å². The molecule has 4 rings (SSSR count). The van der Waals surface area contributed by atoms with Gasteiger partial charge in [0.1, 0.15) is 0 Å². The van der Waals surface area contributed by atoms with Gasteiger partial charge in [0, 0.05) is 35.1 Å². The van der Waals surface area contributed by atoms with E-state index in [-0.39, 0.29) is 0 Å². The Labute approximate surface area is 182 Å². The summed E-state index contributed by atoms with van der Waals surface area (Å²) in [7, 11) is -3.47. The van der Waals surface area contributed by atoms with Crippen molar-refractivity contribution in [1.82, 2.24) is 15.2 Å². The number of nitrogens with one attached hydrogen (secondary N) is 2. The van der Waals surface area contributed by atoms with Crippen molar-refractivity contribution in [3.8, 4) is 10.4 Å². The van der Waals surface area contributed by atoms with Crippen LogP contribution in [0.15, 0.2) is 35.4 Å². The molecule has 0 radical (unpaired) electrons. The smallest absolute Gasteiger partial charge is 0.181 e. The molecule has 2 aromatic heterocycles. The Balaban J connectivity index is 1.72. The molecule has 1 fully saturated rings. The number of nitrogens with zero attached hydrogens (tertiary/aromatic N) is 2. The highest BCUT2D eigenvalue weighted by atomic mass is 32.2. The number of rotatable bonds is 6. The standard InChI is InChI=1S/C22H28N4O2S2/c1-14(2)30(27,28)20-12-17(24-21-11-15(3)25-26-21)9-10-18(20)19-13-23-22(29-19)16-7-5-4-6-8-16/h9-14,16H,4-8H2,1-3H3,(H2,24,25,26). The predicted molar refractivity (Wildman–Crippen MR) is 122 cm³/mol. The van der Waals surface area contributed by atoms with Gasteiger partial charge in [-0.3, -0.25) is 5.10 Å². The van der Waals surface area contributed by atoms with E-state index in [4.69, 9.17) is 0 Å². The molecular formula is C22H28N4O2S2. The highest BCUT2D eigenvalue weighted by Gasteiger charge is 2.26. The Morgan fingerprint density at radius 3 is 2.60 bits per heavy atom. The van der Waals surface area contributed by atoms with Crippen LogP contribution in [0.25, 0.3) is 10.4 Å². The molecule has 1 aromatic carbocycles. The molecule has 1 aliphatic rings. The molecule has 6 nitrogen and oxygen atoms in total. The third kappa shape index (κ3) is 4.30. The van der Waals surface area contributed by atoms with Gasteiger partial charge in [0.25, 0.3) is 0 Å². The maximum atomic E-state index is 13.2. The molecule has 1 aliphatic carbocycles. The minimum Gasteiger partial charge on any atom is -0.339 e. The number of hydrogen-bond acceptors (Lipinski definition) is 6. The lowest BCUT2D eigenvalue weighted by atomic mass is 9.90. The van der Waals surface area contributed by atoms with E-state index in [0.717, 1.165) is 21.1 Å². The fourth-order valence-electron chi connectivity index (χ4n) is 3.87. The van der Waals surface area contributed by atoms with Crippen LogP contribution in [-0.2, 0) is 9.84 Å². The molecule has 0 aliphatic heterocycles. The molecule has 0 spiro atoms. The molecular weight excluding hydrogens is 416 g/mol. The number of H-pyrrole nitrogens is 1. The molecule has 1 saturated carbocycles.